The molecule has 4 rings (SSSR count). The first-order valence-corrected chi connectivity index (χ1v) is 10.3. The SMILES string of the molecule is COC(=O)C1CCN(C(=O)c2ccc3c(c2)C(=O)N(c2ccc(C)cc2C)C3=O)CC1. The largest absolute Gasteiger partial charge is 0.469 e. The number of fused-ring (bicyclic) bond motifs is 1. The van der Waals surface area contributed by atoms with Gasteiger partial charge in [0.2, 0.25) is 0 Å². The second kappa shape index (κ2) is 7.98. The number of methoxy groups -OCH3 is 1. The lowest BCUT2D eigenvalue weighted by molar-refractivity contribution is -0.146. The van der Waals surface area contributed by atoms with Crippen LogP contribution in [0, 0.1) is 19.8 Å². The molecule has 0 N–H and O–H groups in total. The molecule has 2 heterocycles. The van der Waals surface area contributed by atoms with E-state index in [2.05, 4.69) is 0 Å². The van der Waals surface area contributed by atoms with Gasteiger partial charge in [-0.05, 0) is 56.5 Å². The summed E-state index contributed by atoms with van der Waals surface area (Å²) in [7, 11) is 1.37. The van der Waals surface area contributed by atoms with Crippen molar-refractivity contribution in [3.8, 4) is 0 Å². The Morgan fingerprint density at radius 2 is 1.61 bits per heavy atom. The molecule has 2 aliphatic rings. The molecule has 0 aromatic heterocycles. The Morgan fingerprint density at radius 1 is 0.935 bits per heavy atom. The van der Waals surface area contributed by atoms with Gasteiger partial charge in [0.15, 0.2) is 0 Å². The molecule has 1 fully saturated rings. The molecular formula is C24H24N2O5. The van der Waals surface area contributed by atoms with Crippen molar-refractivity contribution in [3.63, 3.8) is 0 Å². The summed E-state index contributed by atoms with van der Waals surface area (Å²) in [6, 6.07) is 10.2. The van der Waals surface area contributed by atoms with Crippen LogP contribution in [0.3, 0.4) is 0 Å². The van der Waals surface area contributed by atoms with Crippen molar-refractivity contribution in [2.24, 2.45) is 5.92 Å². The first-order valence-electron chi connectivity index (χ1n) is 10.3. The quantitative estimate of drug-likeness (QED) is 0.563. The maximum Gasteiger partial charge on any atom is 0.308 e. The molecule has 0 unspecified atom stereocenters. The number of nitrogens with zero attached hydrogens (tertiary/aromatic N) is 2. The lowest BCUT2D eigenvalue weighted by atomic mass is 9.96. The van der Waals surface area contributed by atoms with Gasteiger partial charge in [-0.1, -0.05) is 17.7 Å². The third kappa shape index (κ3) is 3.60. The number of hydrogen-bond donors (Lipinski definition) is 0. The van der Waals surface area contributed by atoms with Gasteiger partial charge in [-0.25, -0.2) is 4.90 Å². The van der Waals surface area contributed by atoms with E-state index in [9.17, 15) is 19.2 Å². The van der Waals surface area contributed by atoms with E-state index < -0.39 is 5.91 Å². The molecule has 7 nitrogen and oxygen atoms in total. The molecule has 0 aliphatic carbocycles. The molecule has 0 radical (unpaired) electrons. The van der Waals surface area contributed by atoms with Crippen molar-refractivity contribution >= 4 is 29.4 Å². The Bertz CT molecular complexity index is 1100. The molecular weight excluding hydrogens is 396 g/mol. The minimum absolute atomic E-state index is 0.195. The maximum atomic E-state index is 13.1. The molecule has 7 heteroatoms. The normalized spacial score (nSPS) is 16.5. The van der Waals surface area contributed by atoms with Crippen molar-refractivity contribution in [3.05, 3.63) is 64.2 Å². The lowest BCUT2D eigenvalue weighted by Gasteiger charge is -2.30. The van der Waals surface area contributed by atoms with Crippen LogP contribution in [0.2, 0.25) is 0 Å². The fraction of sp³-hybridized carbons (Fsp3) is 0.333. The van der Waals surface area contributed by atoms with Crippen molar-refractivity contribution in [1.82, 2.24) is 4.90 Å². The van der Waals surface area contributed by atoms with Crippen molar-refractivity contribution in [1.29, 1.82) is 0 Å². The van der Waals surface area contributed by atoms with Gasteiger partial charge in [0.25, 0.3) is 17.7 Å². The minimum atomic E-state index is -0.425. The van der Waals surface area contributed by atoms with Gasteiger partial charge in [-0.3, -0.25) is 19.2 Å². The second-order valence-corrected chi connectivity index (χ2v) is 8.09. The molecule has 0 saturated carbocycles. The van der Waals surface area contributed by atoms with Gasteiger partial charge < -0.3 is 9.64 Å². The Labute approximate surface area is 180 Å². The highest BCUT2D eigenvalue weighted by Crippen LogP contribution is 2.32. The van der Waals surface area contributed by atoms with Crippen LogP contribution in [0.15, 0.2) is 36.4 Å². The average molecular weight is 420 g/mol. The number of likely N-dealkylation sites (tertiary alicyclic amines) is 1. The molecule has 0 bridgehead atoms. The maximum absolute atomic E-state index is 13.1. The highest BCUT2D eigenvalue weighted by molar-refractivity contribution is 6.35. The zero-order chi connectivity index (χ0) is 22.3. The monoisotopic (exact) mass is 420 g/mol. The van der Waals surface area contributed by atoms with E-state index in [1.165, 1.54) is 18.1 Å². The molecule has 2 aromatic rings. The number of aryl methyl sites for hydroxylation is 2. The fourth-order valence-electron chi connectivity index (χ4n) is 4.32. The molecule has 160 valence electrons. The summed E-state index contributed by atoms with van der Waals surface area (Å²) in [6.07, 6.45) is 1.09. The van der Waals surface area contributed by atoms with Crippen molar-refractivity contribution in [2.45, 2.75) is 26.7 Å². The van der Waals surface area contributed by atoms with Crippen LogP contribution in [0.4, 0.5) is 5.69 Å². The summed E-state index contributed by atoms with van der Waals surface area (Å²) in [5.41, 5.74) is 3.32. The fourth-order valence-corrected chi connectivity index (χ4v) is 4.32. The van der Waals surface area contributed by atoms with Gasteiger partial charge in [-0.2, -0.15) is 0 Å². The Morgan fingerprint density at radius 3 is 2.26 bits per heavy atom. The van der Waals surface area contributed by atoms with Gasteiger partial charge in [0.05, 0.1) is 29.8 Å². The summed E-state index contributed by atoms with van der Waals surface area (Å²) < 4.78 is 4.79. The predicted molar refractivity (Wildman–Crippen MR) is 114 cm³/mol. The third-order valence-corrected chi connectivity index (χ3v) is 6.04. The van der Waals surface area contributed by atoms with Crippen LogP contribution in [0.5, 0.6) is 0 Å². The standard InChI is InChI=1S/C24H24N2O5/c1-14-4-7-20(15(2)12-14)26-22(28)18-6-5-17(13-19(18)23(26)29)21(27)25-10-8-16(9-11-25)24(30)31-3/h4-7,12-13,16H,8-11H2,1-3H3. The van der Waals surface area contributed by atoms with Crippen LogP contribution in [0.25, 0.3) is 0 Å². The number of hydrogen-bond acceptors (Lipinski definition) is 5. The first kappa shape index (κ1) is 20.8. The number of ether oxygens (including phenoxy) is 1. The number of anilines is 1. The molecule has 0 spiro atoms. The molecule has 2 aromatic carbocycles. The number of amides is 3. The smallest absolute Gasteiger partial charge is 0.308 e. The van der Waals surface area contributed by atoms with Gasteiger partial charge in [0, 0.05) is 18.7 Å². The summed E-state index contributed by atoms with van der Waals surface area (Å²) in [4.78, 5) is 53.5. The number of carbonyl (C=O) groups is 4. The number of carbonyl (C=O) groups excluding carboxylic acids is 4. The summed E-state index contributed by atoms with van der Waals surface area (Å²) >= 11 is 0. The zero-order valence-electron chi connectivity index (χ0n) is 17.8. The van der Waals surface area contributed by atoms with Gasteiger partial charge in [0.1, 0.15) is 0 Å². The van der Waals surface area contributed by atoms with E-state index >= 15 is 0 Å². The Hall–Kier alpha value is -3.48. The number of rotatable bonds is 3. The Balaban J connectivity index is 1.56. The molecule has 2 aliphatic heterocycles. The summed E-state index contributed by atoms with van der Waals surface area (Å²) in [5, 5.41) is 0. The van der Waals surface area contributed by atoms with Crippen LogP contribution in [0.1, 0.15) is 55.0 Å². The summed E-state index contributed by atoms with van der Waals surface area (Å²) in [5.74, 6) is -1.47. The van der Waals surface area contributed by atoms with E-state index in [-0.39, 0.29) is 29.3 Å². The van der Waals surface area contributed by atoms with Gasteiger partial charge in [-0.15, -0.1) is 0 Å². The Kier molecular flexibility index (Phi) is 5.35. The van der Waals surface area contributed by atoms with Crippen LogP contribution >= 0.6 is 0 Å². The number of imide groups is 1. The van der Waals surface area contributed by atoms with E-state index in [0.717, 1.165) is 11.1 Å². The zero-order valence-corrected chi connectivity index (χ0v) is 17.8. The first-order chi connectivity index (χ1) is 14.8. The second-order valence-electron chi connectivity index (χ2n) is 8.09. The summed E-state index contributed by atoms with van der Waals surface area (Å²) in [6.45, 7) is 4.69. The van der Waals surface area contributed by atoms with Crippen LogP contribution in [-0.4, -0.2) is 48.8 Å². The van der Waals surface area contributed by atoms with E-state index in [0.29, 0.717) is 42.7 Å². The molecule has 31 heavy (non-hydrogen) atoms. The number of piperidine rings is 1. The van der Waals surface area contributed by atoms with Crippen LogP contribution < -0.4 is 4.90 Å². The minimum Gasteiger partial charge on any atom is -0.469 e. The van der Waals surface area contributed by atoms with E-state index in [4.69, 9.17) is 4.74 Å². The number of esters is 1. The number of benzene rings is 2. The average Bonchev–Trinajstić information content (AvgIpc) is 3.02. The molecule has 3 amide bonds. The topological polar surface area (TPSA) is 84.0 Å². The van der Waals surface area contributed by atoms with E-state index in [1.807, 2.05) is 26.0 Å². The van der Waals surface area contributed by atoms with Gasteiger partial charge >= 0.3 is 5.97 Å². The van der Waals surface area contributed by atoms with E-state index in [1.54, 1.807) is 23.1 Å². The highest BCUT2D eigenvalue weighted by atomic mass is 16.5. The molecule has 1 saturated heterocycles. The lowest BCUT2D eigenvalue weighted by Crippen LogP contribution is -2.40. The van der Waals surface area contributed by atoms with Crippen LogP contribution in [-0.2, 0) is 9.53 Å². The predicted octanol–water partition coefficient (Wildman–Crippen LogP) is 3.13. The van der Waals surface area contributed by atoms with Crippen molar-refractivity contribution < 1.29 is 23.9 Å². The molecule has 0 atom stereocenters. The highest BCUT2D eigenvalue weighted by Gasteiger charge is 2.38. The van der Waals surface area contributed by atoms with Crippen molar-refractivity contribution in [2.75, 3.05) is 25.1 Å². The third-order valence-electron chi connectivity index (χ3n) is 6.04.